The van der Waals surface area contributed by atoms with Crippen molar-refractivity contribution in [2.45, 2.75) is 25.6 Å². The molecular formula is C19H17N5O3S. The van der Waals surface area contributed by atoms with Gasteiger partial charge < -0.3 is 4.74 Å². The third-order valence-electron chi connectivity index (χ3n) is 4.33. The molecule has 0 saturated carbocycles. The molecule has 0 saturated heterocycles. The highest BCUT2D eigenvalue weighted by atomic mass is 32.2. The number of non-ortho nitro benzene ring substituents is 1. The van der Waals surface area contributed by atoms with Crippen LogP contribution in [0.15, 0.2) is 52.7 Å². The second kappa shape index (κ2) is 7.43. The Balaban J connectivity index is 1.60. The van der Waals surface area contributed by atoms with Crippen molar-refractivity contribution < 1.29 is 9.66 Å². The van der Waals surface area contributed by atoms with E-state index in [1.54, 1.807) is 10.7 Å². The van der Waals surface area contributed by atoms with Crippen LogP contribution < -0.4 is 4.74 Å². The van der Waals surface area contributed by atoms with E-state index in [9.17, 15) is 10.1 Å². The van der Waals surface area contributed by atoms with E-state index < -0.39 is 4.92 Å². The summed E-state index contributed by atoms with van der Waals surface area (Å²) < 4.78 is 7.57. The van der Waals surface area contributed by atoms with Crippen molar-refractivity contribution in [2.24, 2.45) is 5.10 Å². The lowest BCUT2D eigenvalue weighted by Gasteiger charge is -2.14. The number of benzene rings is 2. The average molecular weight is 395 g/mol. The van der Waals surface area contributed by atoms with E-state index in [4.69, 9.17) is 4.74 Å². The second-order valence-corrected chi connectivity index (χ2v) is 7.35. The van der Waals surface area contributed by atoms with Gasteiger partial charge in [-0.15, -0.1) is 10.2 Å². The Labute approximate surface area is 165 Å². The smallest absolute Gasteiger partial charge is 0.270 e. The Morgan fingerprint density at radius 2 is 2.07 bits per heavy atom. The largest absolute Gasteiger partial charge is 0.485 e. The SMILES string of the molecule is Cc1ccc(C)c(OCc2nnc3n2N=C(c2cccc([N+](=O)[O-])c2)CS3)c1. The highest BCUT2D eigenvalue weighted by Crippen LogP contribution is 2.26. The topological polar surface area (TPSA) is 95.4 Å². The van der Waals surface area contributed by atoms with E-state index in [2.05, 4.69) is 15.3 Å². The molecule has 0 N–H and O–H groups in total. The standard InChI is InChI=1S/C19H17N5O3S/c1-12-6-7-13(2)17(8-12)27-10-18-20-21-19-23(18)22-16(11-28-19)14-4-3-5-15(9-14)24(25)26/h3-9H,10-11H2,1-2H3. The first kappa shape index (κ1) is 18.2. The minimum atomic E-state index is -0.409. The first-order valence-corrected chi connectivity index (χ1v) is 9.59. The Morgan fingerprint density at radius 1 is 1.21 bits per heavy atom. The number of nitro benzene ring substituents is 1. The van der Waals surface area contributed by atoms with Gasteiger partial charge in [-0.05, 0) is 31.0 Å². The predicted octanol–water partition coefficient (Wildman–Crippen LogP) is 3.74. The van der Waals surface area contributed by atoms with Crippen molar-refractivity contribution in [1.29, 1.82) is 0 Å². The molecule has 0 radical (unpaired) electrons. The molecule has 2 heterocycles. The van der Waals surface area contributed by atoms with Crippen LogP contribution in [-0.4, -0.2) is 31.3 Å². The minimum Gasteiger partial charge on any atom is -0.485 e. The number of hydrogen-bond donors (Lipinski definition) is 0. The molecule has 0 fully saturated rings. The lowest BCUT2D eigenvalue weighted by Crippen LogP contribution is -2.15. The van der Waals surface area contributed by atoms with E-state index in [0.717, 1.165) is 22.6 Å². The summed E-state index contributed by atoms with van der Waals surface area (Å²) in [5.74, 6) is 1.94. The van der Waals surface area contributed by atoms with E-state index in [1.807, 2.05) is 38.1 Å². The van der Waals surface area contributed by atoms with Crippen LogP contribution in [0.2, 0.25) is 0 Å². The van der Waals surface area contributed by atoms with Crippen molar-refractivity contribution in [2.75, 3.05) is 5.75 Å². The molecule has 8 nitrogen and oxygen atoms in total. The molecule has 2 aromatic carbocycles. The summed E-state index contributed by atoms with van der Waals surface area (Å²) in [6, 6.07) is 12.5. The summed E-state index contributed by atoms with van der Waals surface area (Å²) in [4.78, 5) is 10.6. The fourth-order valence-corrected chi connectivity index (χ4v) is 3.66. The average Bonchev–Trinajstić information content (AvgIpc) is 3.11. The summed E-state index contributed by atoms with van der Waals surface area (Å²) in [6.45, 7) is 4.23. The molecule has 1 aliphatic heterocycles. The van der Waals surface area contributed by atoms with E-state index in [0.29, 0.717) is 22.3 Å². The number of rotatable bonds is 5. The van der Waals surface area contributed by atoms with Crippen LogP contribution in [0, 0.1) is 24.0 Å². The van der Waals surface area contributed by atoms with E-state index >= 15 is 0 Å². The van der Waals surface area contributed by atoms with Crippen molar-refractivity contribution in [1.82, 2.24) is 14.9 Å². The van der Waals surface area contributed by atoms with E-state index in [1.165, 1.54) is 23.9 Å². The second-order valence-electron chi connectivity index (χ2n) is 6.41. The van der Waals surface area contributed by atoms with Gasteiger partial charge in [0.15, 0.2) is 5.82 Å². The maximum absolute atomic E-state index is 11.0. The molecule has 0 aliphatic carbocycles. The Bertz CT molecular complexity index is 1090. The van der Waals surface area contributed by atoms with Gasteiger partial charge in [0, 0.05) is 23.4 Å². The Morgan fingerprint density at radius 3 is 2.89 bits per heavy atom. The van der Waals surface area contributed by atoms with Gasteiger partial charge in [-0.25, -0.2) is 0 Å². The van der Waals surface area contributed by atoms with Gasteiger partial charge in [-0.1, -0.05) is 36.0 Å². The van der Waals surface area contributed by atoms with Crippen LogP contribution in [0.3, 0.4) is 0 Å². The Kier molecular flexibility index (Phi) is 4.82. The quantitative estimate of drug-likeness (QED) is 0.482. The summed E-state index contributed by atoms with van der Waals surface area (Å²) in [6.07, 6.45) is 0. The van der Waals surface area contributed by atoms with Gasteiger partial charge in [0.2, 0.25) is 5.16 Å². The molecular weight excluding hydrogens is 378 g/mol. The third kappa shape index (κ3) is 3.61. The summed E-state index contributed by atoms with van der Waals surface area (Å²) in [5, 5.41) is 24.7. The zero-order valence-corrected chi connectivity index (χ0v) is 16.1. The predicted molar refractivity (Wildman–Crippen MR) is 106 cm³/mol. The lowest BCUT2D eigenvalue weighted by molar-refractivity contribution is -0.384. The van der Waals surface area contributed by atoms with Gasteiger partial charge in [-0.2, -0.15) is 9.78 Å². The number of aryl methyl sites for hydroxylation is 2. The molecule has 3 aromatic rings. The van der Waals surface area contributed by atoms with Crippen LogP contribution in [0.1, 0.15) is 22.5 Å². The maximum Gasteiger partial charge on any atom is 0.270 e. The number of fused-ring (bicyclic) bond motifs is 1. The highest BCUT2D eigenvalue weighted by molar-refractivity contribution is 7.99. The molecule has 0 atom stereocenters. The third-order valence-corrected chi connectivity index (χ3v) is 5.26. The molecule has 0 bridgehead atoms. The van der Waals surface area contributed by atoms with Crippen LogP contribution in [-0.2, 0) is 6.61 Å². The number of hydrogen-bond acceptors (Lipinski definition) is 7. The number of thioether (sulfide) groups is 1. The zero-order chi connectivity index (χ0) is 19.7. The molecule has 142 valence electrons. The number of nitro groups is 1. The molecule has 28 heavy (non-hydrogen) atoms. The van der Waals surface area contributed by atoms with Crippen molar-refractivity contribution >= 4 is 23.2 Å². The molecule has 9 heteroatoms. The van der Waals surface area contributed by atoms with Crippen molar-refractivity contribution in [3.63, 3.8) is 0 Å². The fraction of sp³-hybridized carbons (Fsp3) is 0.211. The summed E-state index contributed by atoms with van der Waals surface area (Å²) in [7, 11) is 0. The Hall–Kier alpha value is -3.20. The normalized spacial score (nSPS) is 13.0. The molecule has 0 spiro atoms. The van der Waals surface area contributed by atoms with Crippen LogP contribution in [0.5, 0.6) is 5.75 Å². The van der Waals surface area contributed by atoms with Crippen LogP contribution in [0.4, 0.5) is 5.69 Å². The molecule has 4 rings (SSSR count). The first-order valence-electron chi connectivity index (χ1n) is 8.61. The van der Waals surface area contributed by atoms with E-state index in [-0.39, 0.29) is 12.3 Å². The monoisotopic (exact) mass is 395 g/mol. The molecule has 0 amide bonds. The lowest BCUT2D eigenvalue weighted by atomic mass is 10.1. The number of aromatic nitrogens is 3. The van der Waals surface area contributed by atoms with Crippen LogP contribution >= 0.6 is 11.8 Å². The molecule has 1 aliphatic rings. The van der Waals surface area contributed by atoms with Gasteiger partial charge in [0.05, 0.1) is 10.6 Å². The molecule has 1 aromatic heterocycles. The van der Waals surface area contributed by atoms with Crippen molar-refractivity contribution in [3.05, 3.63) is 75.1 Å². The zero-order valence-electron chi connectivity index (χ0n) is 15.3. The highest BCUT2D eigenvalue weighted by Gasteiger charge is 2.21. The first-order chi connectivity index (χ1) is 13.5. The number of nitrogens with zero attached hydrogens (tertiary/aromatic N) is 5. The van der Waals surface area contributed by atoms with Gasteiger partial charge >= 0.3 is 0 Å². The summed E-state index contributed by atoms with van der Waals surface area (Å²) >= 11 is 1.49. The van der Waals surface area contributed by atoms with Gasteiger partial charge in [0.25, 0.3) is 5.69 Å². The fourth-order valence-electron chi connectivity index (χ4n) is 2.80. The number of ether oxygens (including phenoxy) is 1. The van der Waals surface area contributed by atoms with Crippen LogP contribution in [0.25, 0.3) is 0 Å². The van der Waals surface area contributed by atoms with Gasteiger partial charge in [0.1, 0.15) is 12.4 Å². The maximum atomic E-state index is 11.0. The molecule has 0 unspecified atom stereocenters. The minimum absolute atomic E-state index is 0.0400. The summed E-state index contributed by atoms with van der Waals surface area (Å²) in [5.41, 5.74) is 3.64. The van der Waals surface area contributed by atoms with Crippen molar-refractivity contribution in [3.8, 4) is 5.75 Å². The van der Waals surface area contributed by atoms with Gasteiger partial charge in [-0.3, -0.25) is 10.1 Å².